The molecule has 0 aliphatic heterocycles. The number of alkyl halides is 3. The summed E-state index contributed by atoms with van der Waals surface area (Å²) in [4.78, 5) is 10.8. The molecule has 0 spiro atoms. The Kier molecular flexibility index (Phi) is 4.88. The lowest BCUT2D eigenvalue weighted by Crippen LogP contribution is -2.25. The van der Waals surface area contributed by atoms with Crippen molar-refractivity contribution < 1.29 is 27.8 Å². The Hall–Kier alpha value is -1.56. The van der Waals surface area contributed by atoms with E-state index in [2.05, 4.69) is 0 Å². The largest absolute Gasteiger partial charge is 0.481 e. The Bertz CT molecular complexity index is 491. The predicted octanol–water partition coefficient (Wildman–Crippen LogP) is 3.87. The van der Waals surface area contributed by atoms with Gasteiger partial charge in [-0.2, -0.15) is 13.2 Å². The highest BCUT2D eigenvalue weighted by molar-refractivity contribution is 5.70. The highest BCUT2D eigenvalue weighted by atomic mass is 19.4. The Morgan fingerprint density at radius 3 is 2.48 bits per heavy atom. The van der Waals surface area contributed by atoms with Gasteiger partial charge in [-0.1, -0.05) is 12.1 Å². The molecule has 0 saturated heterocycles. The van der Waals surface area contributed by atoms with Crippen LogP contribution in [0, 0.1) is 5.92 Å². The highest BCUT2D eigenvalue weighted by Gasteiger charge is 2.30. The van der Waals surface area contributed by atoms with E-state index in [-0.39, 0.29) is 18.6 Å². The van der Waals surface area contributed by atoms with Crippen molar-refractivity contribution in [3.05, 3.63) is 35.4 Å². The van der Waals surface area contributed by atoms with Crippen molar-refractivity contribution >= 4 is 5.97 Å². The summed E-state index contributed by atoms with van der Waals surface area (Å²) in [5, 5.41) is 8.89. The molecule has 1 N–H and O–H groups in total. The van der Waals surface area contributed by atoms with Gasteiger partial charge in [-0.05, 0) is 43.4 Å². The highest BCUT2D eigenvalue weighted by Crippen LogP contribution is 2.30. The minimum absolute atomic E-state index is 0.0739. The summed E-state index contributed by atoms with van der Waals surface area (Å²) in [7, 11) is 0. The van der Waals surface area contributed by atoms with Crippen LogP contribution in [-0.4, -0.2) is 17.2 Å². The second-order valence-electron chi connectivity index (χ2n) is 5.32. The van der Waals surface area contributed by atoms with Crippen molar-refractivity contribution in [2.45, 2.75) is 44.6 Å². The average Bonchev–Trinajstić information content (AvgIpc) is 2.45. The zero-order chi connectivity index (χ0) is 15.5. The van der Waals surface area contributed by atoms with E-state index in [1.165, 1.54) is 6.07 Å². The smallest absolute Gasteiger partial charge is 0.416 e. The normalized spacial score (nSPS) is 23.0. The third kappa shape index (κ3) is 4.46. The van der Waals surface area contributed by atoms with Crippen molar-refractivity contribution in [3.63, 3.8) is 0 Å². The zero-order valence-electron chi connectivity index (χ0n) is 11.4. The van der Waals surface area contributed by atoms with E-state index < -0.39 is 17.7 Å². The average molecular weight is 302 g/mol. The van der Waals surface area contributed by atoms with Gasteiger partial charge >= 0.3 is 12.1 Å². The van der Waals surface area contributed by atoms with Crippen molar-refractivity contribution in [3.8, 4) is 0 Å². The molecule has 1 fully saturated rings. The maximum Gasteiger partial charge on any atom is 0.416 e. The fourth-order valence-corrected chi connectivity index (χ4v) is 2.53. The third-order valence-electron chi connectivity index (χ3n) is 3.76. The lowest BCUT2D eigenvalue weighted by atomic mass is 9.87. The van der Waals surface area contributed by atoms with Gasteiger partial charge in [-0.25, -0.2) is 0 Å². The summed E-state index contributed by atoms with van der Waals surface area (Å²) in [6.45, 7) is 0.117. The fourth-order valence-electron chi connectivity index (χ4n) is 2.53. The van der Waals surface area contributed by atoms with E-state index >= 15 is 0 Å². The molecular weight excluding hydrogens is 285 g/mol. The second kappa shape index (κ2) is 6.47. The van der Waals surface area contributed by atoms with E-state index in [0.717, 1.165) is 12.1 Å². The van der Waals surface area contributed by atoms with Crippen LogP contribution in [0.5, 0.6) is 0 Å². The molecular formula is C15H17F3O3. The van der Waals surface area contributed by atoms with Crippen molar-refractivity contribution in [1.29, 1.82) is 0 Å². The number of hydrogen-bond acceptors (Lipinski definition) is 2. The lowest BCUT2D eigenvalue weighted by Gasteiger charge is -2.26. The molecule has 116 valence electrons. The molecule has 0 radical (unpaired) electrons. The molecule has 2 rings (SSSR count). The summed E-state index contributed by atoms with van der Waals surface area (Å²) in [6, 6.07) is 5.07. The number of halogens is 3. The van der Waals surface area contributed by atoms with Crippen LogP contribution in [0.25, 0.3) is 0 Å². The molecule has 3 nitrogen and oxygen atoms in total. The van der Waals surface area contributed by atoms with E-state index in [9.17, 15) is 18.0 Å². The van der Waals surface area contributed by atoms with Crippen LogP contribution in [0.4, 0.5) is 13.2 Å². The summed E-state index contributed by atoms with van der Waals surface area (Å²) in [5.41, 5.74) is -0.205. The van der Waals surface area contributed by atoms with Gasteiger partial charge in [0.05, 0.1) is 24.2 Å². The maximum atomic E-state index is 12.6. The van der Waals surface area contributed by atoms with Gasteiger partial charge < -0.3 is 9.84 Å². The van der Waals surface area contributed by atoms with E-state index in [1.807, 2.05) is 0 Å². The number of carbonyl (C=O) groups is 1. The zero-order valence-corrected chi connectivity index (χ0v) is 11.4. The van der Waals surface area contributed by atoms with Crippen molar-refractivity contribution in [2.24, 2.45) is 5.92 Å². The molecule has 1 saturated carbocycles. The lowest BCUT2D eigenvalue weighted by molar-refractivity contribution is -0.144. The molecule has 0 aromatic heterocycles. The number of carboxylic acids is 1. The molecule has 0 atom stereocenters. The van der Waals surface area contributed by atoms with Crippen molar-refractivity contribution in [2.75, 3.05) is 0 Å². The number of ether oxygens (including phenoxy) is 1. The molecule has 0 amide bonds. The number of hydrogen-bond donors (Lipinski definition) is 1. The minimum Gasteiger partial charge on any atom is -0.481 e. The van der Waals surface area contributed by atoms with Gasteiger partial charge in [0.25, 0.3) is 0 Å². The molecule has 0 unspecified atom stereocenters. The fraction of sp³-hybridized carbons (Fsp3) is 0.533. The first-order valence-corrected chi connectivity index (χ1v) is 6.87. The summed E-state index contributed by atoms with van der Waals surface area (Å²) >= 11 is 0. The monoisotopic (exact) mass is 302 g/mol. The Morgan fingerprint density at radius 1 is 1.24 bits per heavy atom. The molecule has 1 aromatic rings. The summed E-state index contributed by atoms with van der Waals surface area (Å²) in [5.74, 6) is -1.11. The summed E-state index contributed by atoms with van der Waals surface area (Å²) < 4.78 is 43.4. The van der Waals surface area contributed by atoms with Gasteiger partial charge in [-0.3, -0.25) is 4.79 Å². The first-order valence-electron chi connectivity index (χ1n) is 6.87. The molecule has 1 aromatic carbocycles. The van der Waals surface area contributed by atoms with E-state index in [4.69, 9.17) is 9.84 Å². The molecule has 21 heavy (non-hydrogen) atoms. The van der Waals surface area contributed by atoms with Crippen LogP contribution in [0.3, 0.4) is 0 Å². The minimum atomic E-state index is -4.35. The Labute approximate surface area is 120 Å². The molecule has 1 aliphatic carbocycles. The standard InChI is InChI=1S/C15H17F3O3/c16-15(17,18)12-3-1-2-10(8-12)9-21-13-6-4-11(5-7-13)14(19)20/h1-3,8,11,13H,4-7,9H2,(H,19,20). The first kappa shape index (κ1) is 15.8. The first-order chi connectivity index (χ1) is 9.86. The summed E-state index contributed by atoms with van der Waals surface area (Å²) in [6.07, 6.45) is -2.04. The van der Waals surface area contributed by atoms with Crippen LogP contribution in [0.2, 0.25) is 0 Å². The van der Waals surface area contributed by atoms with Gasteiger partial charge in [0.1, 0.15) is 0 Å². The number of rotatable bonds is 4. The van der Waals surface area contributed by atoms with Gasteiger partial charge in [0.2, 0.25) is 0 Å². The number of aliphatic carboxylic acids is 1. The third-order valence-corrected chi connectivity index (χ3v) is 3.76. The van der Waals surface area contributed by atoms with Crippen molar-refractivity contribution in [1.82, 2.24) is 0 Å². The molecule has 0 heterocycles. The van der Waals surface area contributed by atoms with Crippen LogP contribution in [0.1, 0.15) is 36.8 Å². The van der Waals surface area contributed by atoms with Crippen LogP contribution >= 0.6 is 0 Å². The van der Waals surface area contributed by atoms with E-state index in [1.54, 1.807) is 6.07 Å². The van der Waals surface area contributed by atoms with Gasteiger partial charge in [0.15, 0.2) is 0 Å². The Balaban J connectivity index is 1.85. The Morgan fingerprint density at radius 2 is 1.90 bits per heavy atom. The molecule has 1 aliphatic rings. The number of carboxylic acid groups (broad SMARTS) is 1. The quantitative estimate of drug-likeness (QED) is 0.918. The van der Waals surface area contributed by atoms with Gasteiger partial charge in [-0.15, -0.1) is 0 Å². The second-order valence-corrected chi connectivity index (χ2v) is 5.32. The topological polar surface area (TPSA) is 46.5 Å². The maximum absolute atomic E-state index is 12.6. The SMILES string of the molecule is O=C(O)C1CCC(OCc2cccc(C(F)(F)F)c2)CC1. The molecule has 0 bridgehead atoms. The van der Waals surface area contributed by atoms with Crippen LogP contribution in [-0.2, 0) is 22.3 Å². The predicted molar refractivity (Wildman–Crippen MR) is 69.6 cm³/mol. The molecule has 6 heteroatoms. The van der Waals surface area contributed by atoms with Crippen LogP contribution in [0.15, 0.2) is 24.3 Å². The van der Waals surface area contributed by atoms with Gasteiger partial charge in [0, 0.05) is 0 Å². The van der Waals surface area contributed by atoms with E-state index in [0.29, 0.717) is 31.2 Å². The number of benzene rings is 1. The van der Waals surface area contributed by atoms with Crippen LogP contribution < -0.4 is 0 Å².